The Morgan fingerprint density at radius 1 is 0.839 bits per heavy atom. The monoisotopic (exact) mass is 411 g/mol. The number of amides is 1. The quantitative estimate of drug-likeness (QED) is 0.605. The molecule has 3 aromatic carbocycles. The molecule has 1 saturated heterocycles. The molecule has 1 aliphatic heterocycles. The number of carbonyl (C=O) groups is 1. The van der Waals surface area contributed by atoms with Crippen LogP contribution in [0.1, 0.15) is 48.0 Å². The molecule has 3 unspecified atom stereocenters. The zero-order valence-electron chi connectivity index (χ0n) is 17.8. The van der Waals surface area contributed by atoms with E-state index in [9.17, 15) is 9.90 Å². The Morgan fingerprint density at radius 2 is 1.52 bits per heavy atom. The van der Waals surface area contributed by atoms with E-state index >= 15 is 0 Å². The number of benzene rings is 3. The van der Waals surface area contributed by atoms with E-state index in [1.165, 1.54) is 0 Å². The summed E-state index contributed by atoms with van der Waals surface area (Å²) in [5.41, 5.74) is 3.05. The van der Waals surface area contributed by atoms with Gasteiger partial charge in [-0.1, -0.05) is 85.6 Å². The van der Waals surface area contributed by atoms with Crippen molar-refractivity contribution in [2.45, 2.75) is 43.7 Å². The lowest BCUT2D eigenvalue weighted by Crippen LogP contribution is -2.59. The highest BCUT2D eigenvalue weighted by molar-refractivity contribution is 5.95. The summed E-state index contributed by atoms with van der Waals surface area (Å²) in [6.07, 6.45) is 4.73. The lowest BCUT2D eigenvalue weighted by molar-refractivity contribution is -0.110. The van der Waals surface area contributed by atoms with Crippen LogP contribution in [0.5, 0.6) is 0 Å². The van der Waals surface area contributed by atoms with E-state index in [4.69, 9.17) is 0 Å². The number of hydrogen-bond acceptors (Lipinski definition) is 2. The van der Waals surface area contributed by atoms with E-state index in [1.54, 1.807) is 0 Å². The molecular formula is C28H29NO2. The lowest BCUT2D eigenvalue weighted by atomic mass is 9.66. The van der Waals surface area contributed by atoms with E-state index in [-0.39, 0.29) is 17.9 Å². The third-order valence-electron chi connectivity index (χ3n) is 7.23. The maximum absolute atomic E-state index is 13.6. The molecule has 3 aromatic rings. The third kappa shape index (κ3) is 3.68. The molecule has 31 heavy (non-hydrogen) atoms. The first kappa shape index (κ1) is 20.0. The molecule has 1 amide bonds. The fourth-order valence-electron chi connectivity index (χ4n) is 5.65. The van der Waals surface area contributed by atoms with Gasteiger partial charge >= 0.3 is 0 Å². The van der Waals surface area contributed by atoms with Crippen molar-refractivity contribution < 1.29 is 9.90 Å². The molecule has 3 atom stereocenters. The Balaban J connectivity index is 1.44. The summed E-state index contributed by atoms with van der Waals surface area (Å²) in [5.74, 6) is 0.170. The zero-order valence-corrected chi connectivity index (χ0v) is 17.8. The zero-order chi connectivity index (χ0) is 21.3. The van der Waals surface area contributed by atoms with Gasteiger partial charge in [0.25, 0.3) is 5.91 Å². The highest BCUT2D eigenvalue weighted by Crippen LogP contribution is 2.47. The molecule has 1 saturated carbocycles. The number of piperidine rings is 1. The number of carbonyl (C=O) groups excluding carboxylic acids is 1. The highest BCUT2D eigenvalue weighted by Gasteiger charge is 2.50. The topological polar surface area (TPSA) is 40.5 Å². The van der Waals surface area contributed by atoms with E-state index in [2.05, 4.69) is 18.2 Å². The molecule has 0 radical (unpaired) electrons. The van der Waals surface area contributed by atoms with Crippen molar-refractivity contribution in [2.75, 3.05) is 6.54 Å². The minimum absolute atomic E-state index is 0.0821. The van der Waals surface area contributed by atoms with Gasteiger partial charge in [-0.2, -0.15) is 0 Å². The summed E-state index contributed by atoms with van der Waals surface area (Å²) in [4.78, 5) is 15.7. The normalized spacial score (nSPS) is 25.6. The first-order valence-corrected chi connectivity index (χ1v) is 11.4. The van der Waals surface area contributed by atoms with E-state index in [0.717, 1.165) is 47.9 Å². The molecule has 1 N–H and O–H groups in total. The number of hydrogen-bond donors (Lipinski definition) is 1. The molecule has 0 bridgehead atoms. The van der Waals surface area contributed by atoms with Crippen molar-refractivity contribution in [3.05, 3.63) is 96.1 Å². The van der Waals surface area contributed by atoms with Gasteiger partial charge in [-0.15, -0.1) is 0 Å². The predicted octanol–water partition coefficient (Wildman–Crippen LogP) is 5.65. The summed E-state index contributed by atoms with van der Waals surface area (Å²) in [5, 5.41) is 11.8. The molecule has 1 aliphatic carbocycles. The second-order valence-corrected chi connectivity index (χ2v) is 8.94. The van der Waals surface area contributed by atoms with Gasteiger partial charge in [0.15, 0.2) is 0 Å². The number of nitrogens with zero attached hydrogens (tertiary/aromatic N) is 1. The van der Waals surface area contributed by atoms with Crippen molar-refractivity contribution in [3.63, 3.8) is 0 Å². The minimum atomic E-state index is -0.852. The van der Waals surface area contributed by atoms with Crippen molar-refractivity contribution in [1.29, 1.82) is 0 Å². The Labute approximate surface area is 184 Å². The summed E-state index contributed by atoms with van der Waals surface area (Å²) >= 11 is 0. The average molecular weight is 412 g/mol. The van der Waals surface area contributed by atoms with Crippen LogP contribution in [-0.2, 0) is 5.60 Å². The minimum Gasteiger partial charge on any atom is -0.385 e. The van der Waals surface area contributed by atoms with Crippen LogP contribution in [0.4, 0.5) is 0 Å². The first-order chi connectivity index (χ1) is 15.2. The number of rotatable bonds is 3. The number of likely N-dealkylation sites (tertiary alicyclic amines) is 1. The van der Waals surface area contributed by atoms with Gasteiger partial charge in [0.05, 0.1) is 5.60 Å². The molecule has 2 fully saturated rings. The smallest absolute Gasteiger partial charge is 0.254 e. The van der Waals surface area contributed by atoms with Crippen molar-refractivity contribution in [2.24, 2.45) is 5.92 Å². The van der Waals surface area contributed by atoms with Gasteiger partial charge in [0.1, 0.15) is 0 Å². The molecule has 5 rings (SSSR count). The SMILES string of the molecule is O=C(c1cccc(-c2ccccc2)c1)N1CCC(O)(c2ccccc2)C2CCCCC21. The Hall–Kier alpha value is -2.91. The van der Waals surface area contributed by atoms with E-state index < -0.39 is 5.60 Å². The molecule has 158 valence electrons. The van der Waals surface area contributed by atoms with Gasteiger partial charge in [-0.05, 0) is 48.1 Å². The van der Waals surface area contributed by atoms with Crippen LogP contribution >= 0.6 is 0 Å². The predicted molar refractivity (Wildman–Crippen MR) is 124 cm³/mol. The van der Waals surface area contributed by atoms with Crippen LogP contribution < -0.4 is 0 Å². The maximum Gasteiger partial charge on any atom is 0.254 e. The number of aliphatic hydroxyl groups is 1. The summed E-state index contributed by atoms with van der Waals surface area (Å²) in [7, 11) is 0. The average Bonchev–Trinajstić information content (AvgIpc) is 2.85. The number of fused-ring (bicyclic) bond motifs is 1. The second-order valence-electron chi connectivity index (χ2n) is 8.94. The molecule has 3 heteroatoms. The fraction of sp³-hybridized carbons (Fsp3) is 0.321. The summed E-state index contributed by atoms with van der Waals surface area (Å²) in [6.45, 7) is 0.584. The Kier molecular flexibility index (Phi) is 5.37. The molecule has 0 aromatic heterocycles. The third-order valence-corrected chi connectivity index (χ3v) is 7.23. The van der Waals surface area contributed by atoms with Crippen LogP contribution in [0, 0.1) is 5.92 Å². The first-order valence-electron chi connectivity index (χ1n) is 11.4. The largest absolute Gasteiger partial charge is 0.385 e. The van der Waals surface area contributed by atoms with Gasteiger partial charge in [0, 0.05) is 24.1 Å². The molecule has 2 aliphatic rings. The standard InChI is InChI=1S/C28H29NO2/c30-27(23-13-9-12-22(20-23)21-10-3-1-4-11-21)29-19-18-28(31,24-14-5-2-6-15-24)25-16-7-8-17-26(25)29/h1-6,9-15,20,25-26,31H,7-8,16-19H2. The van der Waals surface area contributed by atoms with Crippen LogP contribution in [0.2, 0.25) is 0 Å². The van der Waals surface area contributed by atoms with Gasteiger partial charge < -0.3 is 10.0 Å². The van der Waals surface area contributed by atoms with E-state index in [1.807, 2.05) is 71.6 Å². The summed E-state index contributed by atoms with van der Waals surface area (Å²) in [6, 6.07) is 28.3. The fourth-order valence-corrected chi connectivity index (χ4v) is 5.65. The van der Waals surface area contributed by atoms with E-state index in [0.29, 0.717) is 13.0 Å². The summed E-state index contributed by atoms with van der Waals surface area (Å²) < 4.78 is 0. The molecule has 0 spiro atoms. The van der Waals surface area contributed by atoms with Gasteiger partial charge in [-0.25, -0.2) is 0 Å². The second kappa shape index (κ2) is 8.32. The molecule has 3 nitrogen and oxygen atoms in total. The maximum atomic E-state index is 13.6. The van der Waals surface area contributed by atoms with Gasteiger partial charge in [0.2, 0.25) is 0 Å². The molecule has 1 heterocycles. The Morgan fingerprint density at radius 3 is 2.29 bits per heavy atom. The Bertz CT molecular complexity index is 1050. The van der Waals surface area contributed by atoms with Crippen LogP contribution in [0.15, 0.2) is 84.9 Å². The van der Waals surface area contributed by atoms with Crippen molar-refractivity contribution in [3.8, 4) is 11.1 Å². The van der Waals surface area contributed by atoms with Crippen LogP contribution in [-0.4, -0.2) is 28.5 Å². The van der Waals surface area contributed by atoms with Crippen LogP contribution in [0.25, 0.3) is 11.1 Å². The molecular weight excluding hydrogens is 382 g/mol. The van der Waals surface area contributed by atoms with Crippen molar-refractivity contribution >= 4 is 5.91 Å². The van der Waals surface area contributed by atoms with Gasteiger partial charge in [-0.3, -0.25) is 4.79 Å². The lowest BCUT2D eigenvalue weighted by Gasteiger charge is -2.52. The highest BCUT2D eigenvalue weighted by atomic mass is 16.3. The van der Waals surface area contributed by atoms with Crippen LogP contribution in [0.3, 0.4) is 0 Å². The van der Waals surface area contributed by atoms with Crippen molar-refractivity contribution in [1.82, 2.24) is 4.90 Å².